The summed E-state index contributed by atoms with van der Waals surface area (Å²) in [5, 5.41) is 4.20. The van der Waals surface area contributed by atoms with Gasteiger partial charge in [0.05, 0.1) is 16.8 Å². The standard InChI is InChI=1S/C20H31N3O3S/c1-13-15(14(2)23(6)21-13)27(25,26)22-16(24)20-10-17(3)7-18(4,11-20)9-19(5,8-17)12-20/h7-12H2,1-6H3,(H,22,24). The van der Waals surface area contributed by atoms with Gasteiger partial charge >= 0.3 is 0 Å². The summed E-state index contributed by atoms with van der Waals surface area (Å²) in [6, 6.07) is 0. The SMILES string of the molecule is Cc1nn(C)c(C)c1S(=O)(=O)NC(=O)C12CC3(C)CC(C)(CC(C)(C3)C1)C2. The predicted octanol–water partition coefficient (Wildman–Crippen LogP) is 3.23. The molecule has 4 aliphatic rings. The van der Waals surface area contributed by atoms with Crippen LogP contribution in [0, 0.1) is 35.5 Å². The zero-order chi connectivity index (χ0) is 20.0. The van der Waals surface area contributed by atoms with Crippen LogP contribution in [0.25, 0.3) is 0 Å². The number of aryl methyl sites for hydroxylation is 2. The minimum atomic E-state index is -3.94. The van der Waals surface area contributed by atoms with Crippen molar-refractivity contribution in [3.8, 4) is 0 Å². The second-order valence-corrected chi connectivity index (χ2v) is 12.5. The zero-order valence-corrected chi connectivity index (χ0v) is 18.1. The van der Waals surface area contributed by atoms with Gasteiger partial charge in [0.1, 0.15) is 4.90 Å². The van der Waals surface area contributed by atoms with Crippen molar-refractivity contribution in [1.82, 2.24) is 14.5 Å². The number of nitrogens with one attached hydrogen (secondary N) is 1. The van der Waals surface area contributed by atoms with Crippen LogP contribution in [0.5, 0.6) is 0 Å². The Kier molecular flexibility index (Phi) is 3.62. The maximum atomic E-state index is 13.4. The van der Waals surface area contributed by atoms with Gasteiger partial charge in [-0.3, -0.25) is 9.48 Å². The van der Waals surface area contributed by atoms with Gasteiger partial charge in [-0.05, 0) is 68.6 Å². The Hall–Kier alpha value is -1.37. The van der Waals surface area contributed by atoms with E-state index in [-0.39, 0.29) is 27.0 Å². The quantitative estimate of drug-likeness (QED) is 0.855. The number of carbonyl (C=O) groups excluding carboxylic acids is 1. The summed E-state index contributed by atoms with van der Waals surface area (Å²) >= 11 is 0. The van der Waals surface area contributed by atoms with Crippen LogP contribution in [0.2, 0.25) is 0 Å². The molecule has 0 radical (unpaired) electrons. The minimum Gasteiger partial charge on any atom is -0.273 e. The van der Waals surface area contributed by atoms with Crippen molar-refractivity contribution in [2.45, 2.75) is 78.0 Å². The largest absolute Gasteiger partial charge is 0.273 e. The lowest BCUT2D eigenvalue weighted by atomic mass is 9.36. The molecule has 4 aliphatic carbocycles. The van der Waals surface area contributed by atoms with Crippen LogP contribution in [0.4, 0.5) is 0 Å². The molecule has 1 heterocycles. The summed E-state index contributed by atoms with van der Waals surface area (Å²) in [6.45, 7) is 10.2. The van der Waals surface area contributed by atoms with Crippen LogP contribution in [-0.4, -0.2) is 24.1 Å². The monoisotopic (exact) mass is 393 g/mol. The molecule has 4 saturated carbocycles. The third-order valence-corrected chi connectivity index (χ3v) is 8.86. The fraction of sp³-hybridized carbons (Fsp3) is 0.800. The molecule has 0 aromatic carbocycles. The van der Waals surface area contributed by atoms with Crippen molar-refractivity contribution in [3.05, 3.63) is 11.4 Å². The summed E-state index contributed by atoms with van der Waals surface area (Å²) in [4.78, 5) is 13.6. The molecule has 1 aromatic heterocycles. The Morgan fingerprint density at radius 2 is 1.41 bits per heavy atom. The Labute approximate surface area is 162 Å². The lowest BCUT2D eigenvalue weighted by molar-refractivity contribution is -0.190. The molecule has 0 aliphatic heterocycles. The lowest BCUT2D eigenvalue weighted by Gasteiger charge is -2.68. The first-order chi connectivity index (χ1) is 12.2. The van der Waals surface area contributed by atoms with Crippen LogP contribution in [0.15, 0.2) is 4.90 Å². The van der Waals surface area contributed by atoms with Crippen LogP contribution in [0.1, 0.15) is 70.7 Å². The number of aromatic nitrogens is 2. The van der Waals surface area contributed by atoms with Crippen molar-refractivity contribution in [1.29, 1.82) is 0 Å². The highest BCUT2D eigenvalue weighted by atomic mass is 32.2. The Balaban J connectivity index is 1.69. The number of hydrogen-bond donors (Lipinski definition) is 1. The van der Waals surface area contributed by atoms with Gasteiger partial charge < -0.3 is 0 Å². The van der Waals surface area contributed by atoms with Crippen molar-refractivity contribution >= 4 is 15.9 Å². The van der Waals surface area contributed by atoms with E-state index in [2.05, 4.69) is 30.6 Å². The number of rotatable bonds is 3. The van der Waals surface area contributed by atoms with E-state index in [4.69, 9.17) is 0 Å². The van der Waals surface area contributed by atoms with Gasteiger partial charge in [-0.1, -0.05) is 20.8 Å². The van der Waals surface area contributed by atoms with Crippen LogP contribution in [0.3, 0.4) is 0 Å². The highest BCUT2D eigenvalue weighted by Crippen LogP contribution is 2.73. The van der Waals surface area contributed by atoms with E-state index in [9.17, 15) is 13.2 Å². The zero-order valence-electron chi connectivity index (χ0n) is 17.3. The van der Waals surface area contributed by atoms with Crippen molar-refractivity contribution in [2.75, 3.05) is 0 Å². The third-order valence-electron chi connectivity index (χ3n) is 7.28. The van der Waals surface area contributed by atoms with Crippen molar-refractivity contribution in [2.24, 2.45) is 28.7 Å². The van der Waals surface area contributed by atoms with Gasteiger partial charge in [-0.15, -0.1) is 0 Å². The molecule has 4 bridgehead atoms. The van der Waals surface area contributed by atoms with E-state index in [1.54, 1.807) is 25.6 Å². The molecule has 6 nitrogen and oxygen atoms in total. The molecule has 27 heavy (non-hydrogen) atoms. The van der Waals surface area contributed by atoms with Gasteiger partial charge in [-0.2, -0.15) is 5.10 Å². The van der Waals surface area contributed by atoms with E-state index in [1.165, 1.54) is 0 Å². The average molecular weight is 394 g/mol. The first-order valence-corrected chi connectivity index (χ1v) is 11.3. The number of amides is 1. The summed E-state index contributed by atoms with van der Waals surface area (Å²) in [5.41, 5.74) is 0.763. The third kappa shape index (κ3) is 2.76. The summed E-state index contributed by atoms with van der Waals surface area (Å²) < 4.78 is 30.1. The van der Waals surface area contributed by atoms with Crippen LogP contribution >= 0.6 is 0 Å². The maximum absolute atomic E-state index is 13.4. The normalized spacial score (nSPS) is 40.4. The molecule has 150 valence electrons. The molecule has 0 atom stereocenters. The summed E-state index contributed by atoms with van der Waals surface area (Å²) in [5.74, 6) is -0.312. The van der Waals surface area contributed by atoms with Gasteiger partial charge in [-0.25, -0.2) is 13.1 Å². The van der Waals surface area contributed by atoms with Crippen LogP contribution < -0.4 is 4.72 Å². The fourth-order valence-corrected chi connectivity index (χ4v) is 9.47. The minimum absolute atomic E-state index is 0.124. The highest BCUT2D eigenvalue weighted by Gasteiger charge is 2.66. The van der Waals surface area contributed by atoms with E-state index in [0.717, 1.165) is 38.5 Å². The van der Waals surface area contributed by atoms with Gasteiger partial charge in [0.25, 0.3) is 10.0 Å². The molecule has 1 amide bonds. The second kappa shape index (κ2) is 5.16. The Morgan fingerprint density at radius 1 is 0.963 bits per heavy atom. The molecule has 0 spiro atoms. The van der Waals surface area contributed by atoms with Crippen molar-refractivity contribution in [3.63, 3.8) is 0 Å². The van der Waals surface area contributed by atoms with Gasteiger partial charge in [0.15, 0.2) is 0 Å². The summed E-state index contributed by atoms with van der Waals surface area (Å²) in [7, 11) is -2.22. The summed E-state index contributed by atoms with van der Waals surface area (Å²) in [6.07, 6.45) is 5.78. The number of hydrogen-bond acceptors (Lipinski definition) is 4. The molecular formula is C20H31N3O3S. The molecule has 7 heteroatoms. The van der Waals surface area contributed by atoms with Gasteiger partial charge in [0, 0.05) is 7.05 Å². The fourth-order valence-electron chi connectivity index (χ4n) is 7.96. The number of carbonyl (C=O) groups is 1. The average Bonchev–Trinajstić information content (AvgIpc) is 2.66. The second-order valence-electron chi connectivity index (χ2n) is 10.8. The first kappa shape index (κ1) is 19.0. The lowest BCUT2D eigenvalue weighted by Crippen LogP contribution is -2.63. The first-order valence-electron chi connectivity index (χ1n) is 9.78. The van der Waals surface area contributed by atoms with E-state index in [1.807, 2.05) is 0 Å². The molecule has 1 aromatic rings. The van der Waals surface area contributed by atoms with E-state index < -0.39 is 15.4 Å². The highest BCUT2D eigenvalue weighted by molar-refractivity contribution is 7.90. The molecule has 0 saturated heterocycles. The molecular weight excluding hydrogens is 362 g/mol. The molecule has 1 N–H and O–H groups in total. The van der Waals surface area contributed by atoms with Crippen molar-refractivity contribution < 1.29 is 13.2 Å². The van der Waals surface area contributed by atoms with Crippen LogP contribution in [-0.2, 0) is 21.9 Å². The maximum Gasteiger partial charge on any atom is 0.267 e. The number of sulfonamides is 1. The Morgan fingerprint density at radius 3 is 1.78 bits per heavy atom. The topological polar surface area (TPSA) is 81.1 Å². The Bertz CT molecular complexity index is 892. The predicted molar refractivity (Wildman–Crippen MR) is 102 cm³/mol. The van der Waals surface area contributed by atoms with Gasteiger partial charge in [0.2, 0.25) is 5.91 Å². The molecule has 0 unspecified atom stereocenters. The molecule has 4 fully saturated rings. The van der Waals surface area contributed by atoms with E-state index in [0.29, 0.717) is 11.4 Å². The number of nitrogens with zero attached hydrogens (tertiary/aromatic N) is 2. The van der Waals surface area contributed by atoms with E-state index >= 15 is 0 Å². The smallest absolute Gasteiger partial charge is 0.267 e. The molecule has 5 rings (SSSR count).